The molecule has 118 valence electrons. The van der Waals surface area contributed by atoms with Crippen LogP contribution in [0.25, 0.3) is 11.0 Å². The molecule has 0 atom stereocenters. The van der Waals surface area contributed by atoms with Gasteiger partial charge in [0.05, 0.1) is 13.0 Å². The van der Waals surface area contributed by atoms with Crippen LogP contribution in [0.4, 0.5) is 0 Å². The number of aromatic nitrogens is 1. The maximum absolute atomic E-state index is 12.0. The predicted molar refractivity (Wildman–Crippen MR) is 87.7 cm³/mol. The molecule has 0 aliphatic carbocycles. The molecule has 0 radical (unpaired) electrons. The molecular weight excluding hydrogens is 316 g/mol. The van der Waals surface area contributed by atoms with Crippen molar-refractivity contribution in [2.24, 2.45) is 0 Å². The summed E-state index contributed by atoms with van der Waals surface area (Å²) in [5.41, 5.74) is 1.31. The van der Waals surface area contributed by atoms with Crippen molar-refractivity contribution < 1.29 is 14.1 Å². The van der Waals surface area contributed by atoms with Crippen molar-refractivity contribution in [1.29, 1.82) is 0 Å². The average Bonchev–Trinajstić information content (AvgIpc) is 2.95. The zero-order valence-electron chi connectivity index (χ0n) is 12.3. The maximum atomic E-state index is 12.0. The number of nitrogens with zero attached hydrogens (tertiary/aromatic N) is 1. The van der Waals surface area contributed by atoms with Crippen molar-refractivity contribution in [2.45, 2.75) is 6.42 Å². The van der Waals surface area contributed by atoms with Crippen molar-refractivity contribution in [1.82, 2.24) is 10.5 Å². The molecule has 0 saturated carbocycles. The fraction of sp³-hybridized carbons (Fsp3) is 0.176. The molecule has 0 saturated heterocycles. The van der Waals surface area contributed by atoms with Gasteiger partial charge in [0, 0.05) is 10.4 Å². The van der Waals surface area contributed by atoms with Crippen molar-refractivity contribution in [2.75, 3.05) is 13.2 Å². The molecule has 1 amide bonds. The summed E-state index contributed by atoms with van der Waals surface area (Å²) in [6, 6.07) is 14.6. The smallest absolute Gasteiger partial charge is 0.226 e. The number of carbonyl (C=O) groups is 1. The summed E-state index contributed by atoms with van der Waals surface area (Å²) in [5.74, 6) is 0.549. The van der Waals surface area contributed by atoms with Crippen LogP contribution in [0.1, 0.15) is 5.69 Å². The lowest BCUT2D eigenvalue weighted by molar-refractivity contribution is -0.120. The summed E-state index contributed by atoms with van der Waals surface area (Å²) < 4.78 is 10.7. The third kappa shape index (κ3) is 4.02. The highest BCUT2D eigenvalue weighted by Crippen LogP contribution is 2.18. The molecule has 23 heavy (non-hydrogen) atoms. The molecule has 1 N–H and O–H groups in total. The Morgan fingerprint density at radius 1 is 1.22 bits per heavy atom. The first-order valence-corrected chi connectivity index (χ1v) is 7.58. The Balaban J connectivity index is 1.46. The van der Waals surface area contributed by atoms with Crippen LogP contribution in [0, 0.1) is 0 Å². The molecule has 5 nitrogen and oxygen atoms in total. The lowest BCUT2D eigenvalue weighted by Gasteiger charge is -2.07. The molecular formula is C17H15ClN2O3. The van der Waals surface area contributed by atoms with Crippen molar-refractivity contribution in [3.63, 3.8) is 0 Å². The van der Waals surface area contributed by atoms with Gasteiger partial charge in [-0.05, 0) is 30.3 Å². The highest BCUT2D eigenvalue weighted by Gasteiger charge is 2.11. The van der Waals surface area contributed by atoms with E-state index >= 15 is 0 Å². The van der Waals surface area contributed by atoms with Gasteiger partial charge in [-0.2, -0.15) is 0 Å². The van der Waals surface area contributed by atoms with E-state index in [0.29, 0.717) is 35.2 Å². The van der Waals surface area contributed by atoms with E-state index in [9.17, 15) is 4.79 Å². The first-order chi connectivity index (χ1) is 11.2. The van der Waals surface area contributed by atoms with E-state index in [2.05, 4.69) is 10.5 Å². The molecule has 2 aromatic carbocycles. The Morgan fingerprint density at radius 2 is 2.09 bits per heavy atom. The minimum absolute atomic E-state index is 0.126. The van der Waals surface area contributed by atoms with Gasteiger partial charge in [-0.1, -0.05) is 35.0 Å². The second-order valence-electron chi connectivity index (χ2n) is 4.96. The van der Waals surface area contributed by atoms with Crippen LogP contribution in [0.15, 0.2) is 53.1 Å². The van der Waals surface area contributed by atoms with E-state index in [-0.39, 0.29) is 12.3 Å². The highest BCUT2D eigenvalue weighted by atomic mass is 35.5. The number of ether oxygens (including phenoxy) is 1. The number of rotatable bonds is 6. The van der Waals surface area contributed by atoms with Gasteiger partial charge in [0.25, 0.3) is 0 Å². The second kappa shape index (κ2) is 7.15. The Hall–Kier alpha value is -2.53. The van der Waals surface area contributed by atoms with Gasteiger partial charge in [-0.3, -0.25) is 4.79 Å². The van der Waals surface area contributed by atoms with E-state index in [4.69, 9.17) is 20.9 Å². The summed E-state index contributed by atoms with van der Waals surface area (Å²) in [6.07, 6.45) is 0.175. The van der Waals surface area contributed by atoms with Gasteiger partial charge >= 0.3 is 0 Å². The fourth-order valence-corrected chi connectivity index (χ4v) is 2.38. The highest BCUT2D eigenvalue weighted by molar-refractivity contribution is 6.30. The van der Waals surface area contributed by atoms with Crippen LogP contribution in [0.2, 0.25) is 5.02 Å². The number of fused-ring (bicyclic) bond motifs is 1. The summed E-state index contributed by atoms with van der Waals surface area (Å²) >= 11 is 5.87. The normalized spacial score (nSPS) is 10.7. The number of halogens is 1. The van der Waals surface area contributed by atoms with Crippen molar-refractivity contribution >= 4 is 28.5 Å². The lowest BCUT2D eigenvalue weighted by atomic mass is 10.2. The van der Waals surface area contributed by atoms with E-state index in [1.807, 2.05) is 36.4 Å². The summed E-state index contributed by atoms with van der Waals surface area (Å²) in [7, 11) is 0. The standard InChI is InChI=1S/C17H15ClN2O3/c18-12-4-3-5-13(10-12)22-9-8-19-17(21)11-15-14-6-1-2-7-16(14)23-20-15/h1-7,10H,8-9,11H2,(H,19,21). The predicted octanol–water partition coefficient (Wildman–Crippen LogP) is 3.22. The Kier molecular flexibility index (Phi) is 4.78. The minimum atomic E-state index is -0.126. The van der Waals surface area contributed by atoms with Crippen LogP contribution in [-0.2, 0) is 11.2 Å². The molecule has 0 aliphatic rings. The first-order valence-electron chi connectivity index (χ1n) is 7.21. The van der Waals surface area contributed by atoms with Gasteiger partial charge < -0.3 is 14.6 Å². The van der Waals surface area contributed by atoms with E-state index in [1.54, 1.807) is 12.1 Å². The van der Waals surface area contributed by atoms with E-state index in [0.717, 1.165) is 5.39 Å². The zero-order valence-corrected chi connectivity index (χ0v) is 13.0. The zero-order chi connectivity index (χ0) is 16.1. The number of nitrogens with one attached hydrogen (secondary N) is 1. The van der Waals surface area contributed by atoms with Gasteiger partial charge in [-0.25, -0.2) is 0 Å². The van der Waals surface area contributed by atoms with Crippen LogP contribution in [0.5, 0.6) is 5.75 Å². The SMILES string of the molecule is O=C(Cc1noc2ccccc12)NCCOc1cccc(Cl)c1. The quantitative estimate of drug-likeness (QED) is 0.705. The second-order valence-corrected chi connectivity index (χ2v) is 5.39. The summed E-state index contributed by atoms with van der Waals surface area (Å²) in [6.45, 7) is 0.771. The van der Waals surface area contributed by atoms with Crippen LogP contribution >= 0.6 is 11.6 Å². The van der Waals surface area contributed by atoms with Gasteiger partial charge in [-0.15, -0.1) is 0 Å². The molecule has 0 bridgehead atoms. The average molecular weight is 331 g/mol. The molecule has 1 aromatic heterocycles. The number of benzene rings is 2. The van der Waals surface area contributed by atoms with E-state index < -0.39 is 0 Å². The molecule has 0 unspecified atom stereocenters. The van der Waals surface area contributed by atoms with E-state index in [1.165, 1.54) is 0 Å². The molecule has 3 rings (SSSR count). The third-order valence-corrected chi connectivity index (χ3v) is 3.50. The third-order valence-electron chi connectivity index (χ3n) is 3.27. The molecule has 0 spiro atoms. The lowest BCUT2D eigenvalue weighted by Crippen LogP contribution is -2.29. The number of hydrogen-bond acceptors (Lipinski definition) is 4. The minimum Gasteiger partial charge on any atom is -0.492 e. The molecule has 3 aromatic rings. The number of para-hydroxylation sites is 1. The Bertz CT molecular complexity index is 816. The topological polar surface area (TPSA) is 64.4 Å². The first kappa shape index (κ1) is 15.4. The van der Waals surface area contributed by atoms with Crippen LogP contribution in [-0.4, -0.2) is 24.2 Å². The monoisotopic (exact) mass is 330 g/mol. The van der Waals surface area contributed by atoms with Gasteiger partial charge in [0.1, 0.15) is 18.1 Å². The van der Waals surface area contributed by atoms with Crippen molar-refractivity contribution in [3.8, 4) is 5.75 Å². The number of carbonyl (C=O) groups excluding carboxylic acids is 1. The number of hydrogen-bond donors (Lipinski definition) is 1. The fourth-order valence-electron chi connectivity index (χ4n) is 2.20. The Labute approximate surface area is 138 Å². The van der Waals surface area contributed by atoms with Gasteiger partial charge in [0.2, 0.25) is 5.91 Å². The maximum Gasteiger partial charge on any atom is 0.226 e. The molecule has 0 fully saturated rings. The summed E-state index contributed by atoms with van der Waals surface area (Å²) in [5, 5.41) is 8.21. The largest absolute Gasteiger partial charge is 0.492 e. The van der Waals surface area contributed by atoms with Crippen LogP contribution < -0.4 is 10.1 Å². The Morgan fingerprint density at radius 3 is 2.96 bits per heavy atom. The number of amides is 1. The molecule has 0 aliphatic heterocycles. The molecule has 6 heteroatoms. The molecule has 1 heterocycles. The summed E-state index contributed by atoms with van der Waals surface area (Å²) in [4.78, 5) is 12.0. The van der Waals surface area contributed by atoms with Crippen LogP contribution in [0.3, 0.4) is 0 Å². The van der Waals surface area contributed by atoms with Crippen molar-refractivity contribution in [3.05, 3.63) is 59.2 Å². The van der Waals surface area contributed by atoms with Gasteiger partial charge in [0.15, 0.2) is 5.58 Å².